The summed E-state index contributed by atoms with van der Waals surface area (Å²) in [6.07, 6.45) is 2.75. The number of rotatable bonds is 9. The first-order valence-corrected chi connectivity index (χ1v) is 13.1. The van der Waals surface area contributed by atoms with E-state index in [-0.39, 0.29) is 16.8 Å². The molecule has 2 unspecified atom stereocenters. The third-order valence-corrected chi connectivity index (χ3v) is 7.67. The highest BCUT2D eigenvalue weighted by atomic mass is 32.2. The Kier molecular flexibility index (Phi) is 8.37. The van der Waals surface area contributed by atoms with E-state index < -0.39 is 16.1 Å². The van der Waals surface area contributed by atoms with Crippen LogP contribution in [0.15, 0.2) is 46.3 Å². The Morgan fingerprint density at radius 2 is 1.91 bits per heavy atom. The Labute approximate surface area is 202 Å². The van der Waals surface area contributed by atoms with Crippen LogP contribution in [0.2, 0.25) is 0 Å². The minimum Gasteiger partial charge on any atom is -0.377 e. The summed E-state index contributed by atoms with van der Waals surface area (Å²) in [5, 5.41) is 1.44. The summed E-state index contributed by atoms with van der Waals surface area (Å²) in [5.41, 5.74) is 11.7. The number of nitrogens with zero attached hydrogens (tertiary/aromatic N) is 3. The van der Waals surface area contributed by atoms with Crippen molar-refractivity contribution >= 4 is 38.3 Å². The molecule has 2 atom stereocenters. The maximum Gasteiger partial charge on any atom is 0.241 e. The number of nitrogens with one attached hydrogen (secondary N) is 1. The third kappa shape index (κ3) is 6.18. The van der Waals surface area contributed by atoms with Gasteiger partial charge in [-0.1, -0.05) is 31.2 Å². The van der Waals surface area contributed by atoms with E-state index in [9.17, 15) is 13.2 Å². The summed E-state index contributed by atoms with van der Waals surface area (Å²) in [5.74, 6) is 0.161. The van der Waals surface area contributed by atoms with Crippen molar-refractivity contribution in [2.45, 2.75) is 43.5 Å². The number of hydrogen-bond donors (Lipinski definition) is 3. The van der Waals surface area contributed by atoms with Crippen LogP contribution in [0.25, 0.3) is 10.8 Å². The zero-order valence-electron chi connectivity index (χ0n) is 20.2. The van der Waals surface area contributed by atoms with Gasteiger partial charge in [0.05, 0.1) is 4.90 Å². The fraction of sp³-hybridized carbons (Fsp3) is 0.500. The number of hydrogen-bond acceptors (Lipinski definition) is 5. The molecule has 3 rings (SSSR count). The number of piperidine rings is 1. The number of aliphatic imine (C=N–C) groups is 1. The summed E-state index contributed by atoms with van der Waals surface area (Å²) < 4.78 is 29.8. The molecule has 0 aromatic heterocycles. The van der Waals surface area contributed by atoms with Crippen LogP contribution in [0.1, 0.15) is 32.6 Å². The van der Waals surface area contributed by atoms with Crippen LogP contribution in [0, 0.1) is 5.92 Å². The molecule has 34 heavy (non-hydrogen) atoms. The van der Waals surface area contributed by atoms with Crippen molar-refractivity contribution in [2.75, 3.05) is 38.6 Å². The molecule has 186 valence electrons. The molecule has 1 heterocycles. The molecule has 0 bridgehead atoms. The van der Waals surface area contributed by atoms with Crippen LogP contribution in [0.3, 0.4) is 0 Å². The smallest absolute Gasteiger partial charge is 0.241 e. The van der Waals surface area contributed by atoms with E-state index in [1.165, 1.54) is 0 Å². The minimum absolute atomic E-state index is 0.0271. The second-order valence-electron chi connectivity index (χ2n) is 9.18. The van der Waals surface area contributed by atoms with E-state index in [2.05, 4.69) is 16.6 Å². The van der Waals surface area contributed by atoms with Gasteiger partial charge in [-0.05, 0) is 43.7 Å². The largest absolute Gasteiger partial charge is 0.377 e. The Balaban J connectivity index is 1.92. The van der Waals surface area contributed by atoms with E-state index in [0.717, 1.165) is 23.9 Å². The first-order valence-electron chi connectivity index (χ1n) is 11.7. The number of carbonyl (C=O) groups is 1. The second-order valence-corrected chi connectivity index (χ2v) is 10.9. The van der Waals surface area contributed by atoms with Crippen molar-refractivity contribution in [3.8, 4) is 0 Å². The zero-order chi connectivity index (χ0) is 24.9. The molecule has 0 aliphatic carbocycles. The molecule has 1 aliphatic rings. The lowest BCUT2D eigenvalue weighted by molar-refractivity contribution is -0.134. The maximum absolute atomic E-state index is 13.6. The van der Waals surface area contributed by atoms with Crippen molar-refractivity contribution < 1.29 is 13.2 Å². The highest BCUT2D eigenvalue weighted by Crippen LogP contribution is 2.30. The van der Waals surface area contributed by atoms with Crippen molar-refractivity contribution in [1.29, 1.82) is 0 Å². The van der Waals surface area contributed by atoms with Gasteiger partial charge in [0.15, 0.2) is 5.96 Å². The van der Waals surface area contributed by atoms with Crippen LogP contribution >= 0.6 is 0 Å². The highest BCUT2D eigenvalue weighted by molar-refractivity contribution is 7.89. The number of anilines is 1. The Bertz CT molecular complexity index is 1140. The van der Waals surface area contributed by atoms with Crippen molar-refractivity contribution in [2.24, 2.45) is 22.4 Å². The quantitative estimate of drug-likeness (QED) is 0.280. The van der Waals surface area contributed by atoms with Gasteiger partial charge in [-0.2, -0.15) is 4.72 Å². The first-order chi connectivity index (χ1) is 16.1. The first kappa shape index (κ1) is 25.8. The van der Waals surface area contributed by atoms with Crippen molar-refractivity contribution in [3.05, 3.63) is 36.4 Å². The molecule has 5 N–H and O–H groups in total. The van der Waals surface area contributed by atoms with Crippen molar-refractivity contribution in [3.63, 3.8) is 0 Å². The van der Waals surface area contributed by atoms with Gasteiger partial charge in [-0.25, -0.2) is 8.42 Å². The number of likely N-dealkylation sites (tertiary alicyclic amines) is 1. The number of guanidine groups is 1. The van der Waals surface area contributed by atoms with Gasteiger partial charge in [0.2, 0.25) is 15.9 Å². The fourth-order valence-electron chi connectivity index (χ4n) is 4.49. The number of fused-ring (bicyclic) bond motifs is 1. The number of carbonyl (C=O) groups excluding carboxylic acids is 1. The lowest BCUT2D eigenvalue weighted by Gasteiger charge is -2.33. The molecule has 9 nitrogen and oxygen atoms in total. The standard InChI is InChI=1S/C24H36N6O3S/c1-17-8-7-15-30(16-17)23(31)20(11-6-14-27-24(25)26)28-34(32,33)22-13-5-9-18-19(22)10-4-12-21(18)29(2)3/h4-5,9-10,12-13,17,20,28H,6-8,11,14-16H2,1-3H3,(H4,25,26,27). The molecule has 2 aromatic carbocycles. The number of sulfonamides is 1. The Morgan fingerprint density at radius 3 is 2.59 bits per heavy atom. The predicted octanol–water partition coefficient (Wildman–Crippen LogP) is 1.86. The van der Waals surface area contributed by atoms with Crippen LogP contribution in [-0.2, 0) is 14.8 Å². The van der Waals surface area contributed by atoms with Crippen LogP contribution in [0.4, 0.5) is 5.69 Å². The van der Waals surface area contributed by atoms with Gasteiger partial charge in [0, 0.05) is 50.2 Å². The maximum atomic E-state index is 13.6. The van der Waals surface area contributed by atoms with E-state index in [1.54, 1.807) is 23.1 Å². The van der Waals surface area contributed by atoms with Crippen LogP contribution in [-0.4, -0.2) is 65.0 Å². The van der Waals surface area contributed by atoms with E-state index in [4.69, 9.17) is 11.5 Å². The normalized spacial score (nSPS) is 17.4. The highest BCUT2D eigenvalue weighted by Gasteiger charge is 2.31. The molecular formula is C24H36N6O3S. The third-order valence-electron chi connectivity index (χ3n) is 6.14. The number of benzene rings is 2. The molecule has 10 heteroatoms. The minimum atomic E-state index is -3.98. The summed E-state index contributed by atoms with van der Waals surface area (Å²) >= 11 is 0. The van der Waals surface area contributed by atoms with E-state index >= 15 is 0 Å². The van der Waals surface area contributed by atoms with E-state index in [1.807, 2.05) is 37.2 Å². The van der Waals surface area contributed by atoms with E-state index in [0.29, 0.717) is 43.8 Å². The van der Waals surface area contributed by atoms with Gasteiger partial charge in [-0.15, -0.1) is 0 Å². The number of nitrogens with two attached hydrogens (primary N) is 2. The molecule has 0 spiro atoms. The van der Waals surface area contributed by atoms with Gasteiger partial charge in [0.25, 0.3) is 0 Å². The van der Waals surface area contributed by atoms with Crippen LogP contribution < -0.4 is 21.1 Å². The summed E-state index contributed by atoms with van der Waals surface area (Å²) in [6.45, 7) is 3.70. The summed E-state index contributed by atoms with van der Waals surface area (Å²) in [7, 11) is -0.149. The zero-order valence-corrected chi connectivity index (χ0v) is 21.0. The van der Waals surface area contributed by atoms with Gasteiger partial charge < -0.3 is 21.3 Å². The van der Waals surface area contributed by atoms with Crippen LogP contribution in [0.5, 0.6) is 0 Å². The Hall–Kier alpha value is -2.85. The molecule has 0 radical (unpaired) electrons. The molecule has 1 amide bonds. The van der Waals surface area contributed by atoms with Gasteiger partial charge >= 0.3 is 0 Å². The fourth-order valence-corrected chi connectivity index (χ4v) is 5.93. The summed E-state index contributed by atoms with van der Waals surface area (Å²) in [6, 6.07) is 9.88. The summed E-state index contributed by atoms with van der Waals surface area (Å²) in [4.78, 5) is 21.2. The van der Waals surface area contributed by atoms with Crippen molar-refractivity contribution in [1.82, 2.24) is 9.62 Å². The predicted molar refractivity (Wildman–Crippen MR) is 137 cm³/mol. The molecule has 1 saturated heterocycles. The van der Waals surface area contributed by atoms with Gasteiger partial charge in [0.1, 0.15) is 6.04 Å². The monoisotopic (exact) mass is 488 g/mol. The molecule has 0 saturated carbocycles. The van der Waals surface area contributed by atoms with Gasteiger partial charge in [-0.3, -0.25) is 9.79 Å². The molecule has 2 aromatic rings. The lowest BCUT2D eigenvalue weighted by Crippen LogP contribution is -2.51. The average Bonchev–Trinajstić information content (AvgIpc) is 2.79. The second kappa shape index (κ2) is 11.1. The molecule has 1 fully saturated rings. The molecule has 1 aliphatic heterocycles. The topological polar surface area (TPSA) is 134 Å². The Morgan fingerprint density at radius 1 is 1.21 bits per heavy atom. The lowest BCUT2D eigenvalue weighted by atomic mass is 9.99. The number of amides is 1. The SMILES string of the molecule is CC1CCCN(C(=O)C(CCCN=C(N)N)NS(=O)(=O)c2cccc3c(N(C)C)cccc23)C1. The molecular weight excluding hydrogens is 452 g/mol. The average molecular weight is 489 g/mol.